The van der Waals surface area contributed by atoms with E-state index in [0.29, 0.717) is 11.3 Å². The van der Waals surface area contributed by atoms with E-state index in [1.807, 2.05) is 24.3 Å². The summed E-state index contributed by atoms with van der Waals surface area (Å²) in [6, 6.07) is 14.5. The van der Waals surface area contributed by atoms with E-state index in [9.17, 15) is 4.79 Å². The lowest BCUT2D eigenvalue weighted by atomic mass is 10.2. The van der Waals surface area contributed by atoms with Gasteiger partial charge in [-0.25, -0.2) is 5.43 Å². The lowest BCUT2D eigenvalue weighted by Gasteiger charge is -2.02. The van der Waals surface area contributed by atoms with Crippen LogP contribution in [0.5, 0.6) is 5.75 Å². The van der Waals surface area contributed by atoms with Crippen molar-refractivity contribution in [2.45, 2.75) is 0 Å². The van der Waals surface area contributed by atoms with Gasteiger partial charge in [-0.2, -0.15) is 5.10 Å². The molecule has 0 radical (unpaired) electrons. The van der Waals surface area contributed by atoms with Crippen LogP contribution in [0, 0.1) is 0 Å². The molecule has 0 atom stereocenters. The Labute approximate surface area is 125 Å². The number of ether oxygens (including phenoxy) is 1. The van der Waals surface area contributed by atoms with Gasteiger partial charge in [0.15, 0.2) is 0 Å². The molecule has 0 spiro atoms. The minimum absolute atomic E-state index is 0.280. The molecular formula is C15H13BrN2O2. The zero-order valence-electron chi connectivity index (χ0n) is 10.8. The molecule has 0 fully saturated rings. The van der Waals surface area contributed by atoms with E-state index in [4.69, 9.17) is 4.74 Å². The maximum Gasteiger partial charge on any atom is 0.271 e. The van der Waals surface area contributed by atoms with Crippen molar-refractivity contribution in [3.8, 4) is 5.75 Å². The van der Waals surface area contributed by atoms with Crippen molar-refractivity contribution in [1.29, 1.82) is 0 Å². The number of benzene rings is 2. The third-order valence-corrected chi connectivity index (χ3v) is 3.11. The van der Waals surface area contributed by atoms with Crippen LogP contribution in [0.3, 0.4) is 0 Å². The molecule has 20 heavy (non-hydrogen) atoms. The van der Waals surface area contributed by atoms with Crippen LogP contribution in [-0.4, -0.2) is 19.2 Å². The van der Waals surface area contributed by atoms with Crippen molar-refractivity contribution in [3.05, 3.63) is 64.1 Å². The van der Waals surface area contributed by atoms with E-state index in [0.717, 1.165) is 10.0 Å². The molecule has 1 amide bonds. The standard InChI is InChI=1S/C15H13BrN2O2/c1-20-14-4-2-3-12(9-14)15(19)18-17-10-11-5-7-13(16)8-6-11/h2-10H,1H3,(H,18,19)/b17-10+. The Morgan fingerprint density at radius 3 is 2.70 bits per heavy atom. The summed E-state index contributed by atoms with van der Waals surface area (Å²) >= 11 is 3.35. The normalized spacial score (nSPS) is 10.5. The minimum atomic E-state index is -0.280. The average Bonchev–Trinajstić information content (AvgIpc) is 2.49. The molecule has 0 aromatic heterocycles. The molecule has 5 heteroatoms. The number of nitrogens with one attached hydrogen (secondary N) is 1. The van der Waals surface area contributed by atoms with Crippen LogP contribution < -0.4 is 10.2 Å². The highest BCUT2D eigenvalue weighted by Crippen LogP contribution is 2.12. The lowest BCUT2D eigenvalue weighted by Crippen LogP contribution is -2.17. The fourth-order valence-electron chi connectivity index (χ4n) is 1.54. The highest BCUT2D eigenvalue weighted by atomic mass is 79.9. The van der Waals surface area contributed by atoms with Gasteiger partial charge >= 0.3 is 0 Å². The molecule has 0 bridgehead atoms. The van der Waals surface area contributed by atoms with Gasteiger partial charge in [0.1, 0.15) is 5.75 Å². The quantitative estimate of drug-likeness (QED) is 0.690. The van der Waals surface area contributed by atoms with Crippen LogP contribution in [-0.2, 0) is 0 Å². The smallest absolute Gasteiger partial charge is 0.271 e. The molecule has 0 saturated carbocycles. The predicted molar refractivity (Wildman–Crippen MR) is 82.2 cm³/mol. The molecule has 0 saturated heterocycles. The first-order valence-corrected chi connectivity index (χ1v) is 6.71. The van der Waals surface area contributed by atoms with Gasteiger partial charge in [0.05, 0.1) is 13.3 Å². The van der Waals surface area contributed by atoms with Gasteiger partial charge in [0.2, 0.25) is 0 Å². The Morgan fingerprint density at radius 1 is 1.25 bits per heavy atom. The van der Waals surface area contributed by atoms with E-state index in [1.165, 1.54) is 0 Å². The molecule has 2 aromatic carbocycles. The summed E-state index contributed by atoms with van der Waals surface area (Å²) in [5.74, 6) is 0.354. The minimum Gasteiger partial charge on any atom is -0.497 e. The van der Waals surface area contributed by atoms with Crippen LogP contribution in [0.1, 0.15) is 15.9 Å². The van der Waals surface area contributed by atoms with Crippen molar-refractivity contribution in [2.75, 3.05) is 7.11 Å². The molecule has 0 aliphatic rings. The summed E-state index contributed by atoms with van der Waals surface area (Å²) in [4.78, 5) is 11.9. The molecule has 0 unspecified atom stereocenters. The van der Waals surface area contributed by atoms with E-state index in [-0.39, 0.29) is 5.91 Å². The molecule has 2 rings (SSSR count). The molecule has 1 N–H and O–H groups in total. The Bertz CT molecular complexity index is 624. The van der Waals surface area contributed by atoms with E-state index < -0.39 is 0 Å². The fraction of sp³-hybridized carbons (Fsp3) is 0.0667. The molecule has 0 aliphatic carbocycles. The zero-order chi connectivity index (χ0) is 14.4. The number of hydrazone groups is 1. The van der Waals surface area contributed by atoms with Crippen LogP contribution in [0.25, 0.3) is 0 Å². The number of hydrogen-bond acceptors (Lipinski definition) is 3. The first-order valence-electron chi connectivity index (χ1n) is 5.92. The first-order chi connectivity index (χ1) is 9.69. The third-order valence-electron chi connectivity index (χ3n) is 2.58. The number of nitrogens with zero attached hydrogens (tertiary/aromatic N) is 1. The summed E-state index contributed by atoms with van der Waals surface area (Å²) in [5.41, 5.74) is 3.88. The third kappa shape index (κ3) is 3.93. The largest absolute Gasteiger partial charge is 0.497 e. The van der Waals surface area contributed by atoms with Crippen molar-refractivity contribution < 1.29 is 9.53 Å². The average molecular weight is 333 g/mol. The zero-order valence-corrected chi connectivity index (χ0v) is 12.4. The number of amides is 1. The molecule has 2 aromatic rings. The molecule has 4 nitrogen and oxygen atoms in total. The number of carbonyl (C=O) groups excluding carboxylic acids is 1. The van der Waals surface area contributed by atoms with E-state index >= 15 is 0 Å². The number of methoxy groups -OCH3 is 1. The van der Waals surface area contributed by atoms with Gasteiger partial charge in [-0.05, 0) is 35.9 Å². The molecule has 102 valence electrons. The van der Waals surface area contributed by atoms with Gasteiger partial charge in [0.25, 0.3) is 5.91 Å². The number of halogens is 1. The maximum atomic E-state index is 11.9. The number of hydrogen-bond donors (Lipinski definition) is 1. The van der Waals surface area contributed by atoms with Crippen LogP contribution in [0.2, 0.25) is 0 Å². The second-order valence-corrected chi connectivity index (χ2v) is 4.90. The number of rotatable bonds is 4. The summed E-state index contributed by atoms with van der Waals surface area (Å²) in [7, 11) is 1.56. The predicted octanol–water partition coefficient (Wildman–Crippen LogP) is 3.22. The summed E-state index contributed by atoms with van der Waals surface area (Å²) < 4.78 is 6.06. The second-order valence-electron chi connectivity index (χ2n) is 3.98. The monoisotopic (exact) mass is 332 g/mol. The second kappa shape index (κ2) is 6.86. The Hall–Kier alpha value is -2.14. The molecule has 0 heterocycles. The molecular weight excluding hydrogens is 320 g/mol. The Balaban J connectivity index is 1.99. The first kappa shape index (κ1) is 14.3. The van der Waals surface area contributed by atoms with Gasteiger partial charge in [-0.3, -0.25) is 4.79 Å². The van der Waals surface area contributed by atoms with Crippen LogP contribution in [0.15, 0.2) is 58.1 Å². The van der Waals surface area contributed by atoms with Crippen LogP contribution in [0.4, 0.5) is 0 Å². The highest BCUT2D eigenvalue weighted by molar-refractivity contribution is 9.10. The number of carbonyl (C=O) groups is 1. The highest BCUT2D eigenvalue weighted by Gasteiger charge is 2.04. The Kier molecular flexibility index (Phi) is 4.90. The lowest BCUT2D eigenvalue weighted by molar-refractivity contribution is 0.0955. The topological polar surface area (TPSA) is 50.7 Å². The van der Waals surface area contributed by atoms with Gasteiger partial charge < -0.3 is 4.74 Å². The van der Waals surface area contributed by atoms with Gasteiger partial charge in [-0.15, -0.1) is 0 Å². The van der Waals surface area contributed by atoms with Crippen molar-refractivity contribution in [1.82, 2.24) is 5.43 Å². The summed E-state index contributed by atoms with van der Waals surface area (Å²) in [5, 5.41) is 3.92. The van der Waals surface area contributed by atoms with Gasteiger partial charge in [0, 0.05) is 10.0 Å². The van der Waals surface area contributed by atoms with Crippen molar-refractivity contribution >= 4 is 28.1 Å². The van der Waals surface area contributed by atoms with Crippen molar-refractivity contribution in [2.24, 2.45) is 5.10 Å². The van der Waals surface area contributed by atoms with Crippen molar-refractivity contribution in [3.63, 3.8) is 0 Å². The van der Waals surface area contributed by atoms with Crippen LogP contribution >= 0.6 is 15.9 Å². The fourth-order valence-corrected chi connectivity index (χ4v) is 1.81. The maximum absolute atomic E-state index is 11.9. The summed E-state index contributed by atoms with van der Waals surface area (Å²) in [6.45, 7) is 0. The summed E-state index contributed by atoms with van der Waals surface area (Å²) in [6.07, 6.45) is 1.59. The Morgan fingerprint density at radius 2 is 2.00 bits per heavy atom. The van der Waals surface area contributed by atoms with E-state index in [1.54, 1.807) is 37.6 Å². The SMILES string of the molecule is COc1cccc(C(=O)N/N=C/c2ccc(Br)cc2)c1. The van der Waals surface area contributed by atoms with E-state index in [2.05, 4.69) is 26.5 Å². The van der Waals surface area contributed by atoms with Gasteiger partial charge in [-0.1, -0.05) is 34.1 Å². The molecule has 0 aliphatic heterocycles.